The molecule has 0 bridgehead atoms. The minimum Gasteiger partial charge on any atom is -0.375 e. The van der Waals surface area contributed by atoms with Gasteiger partial charge in [-0.25, -0.2) is 0 Å². The van der Waals surface area contributed by atoms with E-state index in [2.05, 4.69) is 38.8 Å². The summed E-state index contributed by atoms with van der Waals surface area (Å²) in [5, 5.41) is 0. The van der Waals surface area contributed by atoms with Gasteiger partial charge in [-0.15, -0.1) is 0 Å². The van der Waals surface area contributed by atoms with Crippen LogP contribution in [-0.4, -0.2) is 18.0 Å². The molecule has 70 valence electrons. The minimum absolute atomic E-state index is 0.751. The summed E-state index contributed by atoms with van der Waals surface area (Å²) in [6.07, 6.45) is 6.42. The fraction of sp³-hybridized carbons (Fsp3) is 0.818. The number of hydrogen-bond acceptors (Lipinski definition) is 1. The Hall–Kier alpha value is -0.460. The summed E-state index contributed by atoms with van der Waals surface area (Å²) >= 11 is 0. The highest BCUT2D eigenvalue weighted by Crippen LogP contribution is 2.28. The first kappa shape index (κ1) is 9.63. The lowest BCUT2D eigenvalue weighted by Crippen LogP contribution is -2.29. The molecule has 0 aromatic heterocycles. The second kappa shape index (κ2) is 3.97. The molecular formula is C11H21N. The lowest BCUT2D eigenvalue weighted by Gasteiger charge is -2.26. The molecule has 2 unspecified atom stereocenters. The second-order valence-electron chi connectivity index (χ2n) is 3.99. The van der Waals surface area contributed by atoms with Crippen molar-refractivity contribution >= 4 is 0 Å². The van der Waals surface area contributed by atoms with Crippen LogP contribution in [0.15, 0.2) is 11.8 Å². The molecule has 1 rings (SSSR count). The Labute approximate surface area is 76.5 Å². The van der Waals surface area contributed by atoms with Gasteiger partial charge in [0.2, 0.25) is 0 Å². The molecule has 0 saturated carbocycles. The molecule has 0 amide bonds. The number of hydrogen-bond donors (Lipinski definition) is 0. The van der Waals surface area contributed by atoms with Gasteiger partial charge in [-0.1, -0.05) is 32.8 Å². The van der Waals surface area contributed by atoms with E-state index in [0.29, 0.717) is 0 Å². The van der Waals surface area contributed by atoms with E-state index in [0.717, 1.165) is 12.0 Å². The van der Waals surface area contributed by atoms with Crippen LogP contribution in [0.2, 0.25) is 0 Å². The molecule has 0 spiro atoms. The van der Waals surface area contributed by atoms with Crippen molar-refractivity contribution in [2.75, 3.05) is 7.05 Å². The lowest BCUT2D eigenvalue weighted by atomic mass is 9.99. The summed E-state index contributed by atoms with van der Waals surface area (Å²) < 4.78 is 0. The first-order chi connectivity index (χ1) is 5.66. The van der Waals surface area contributed by atoms with Crippen molar-refractivity contribution in [2.24, 2.45) is 5.92 Å². The molecule has 1 heteroatoms. The SMILES string of the molecule is CCCCC1C(C)C=C(C)N1C. The fourth-order valence-electron chi connectivity index (χ4n) is 2.09. The van der Waals surface area contributed by atoms with Gasteiger partial charge >= 0.3 is 0 Å². The van der Waals surface area contributed by atoms with Crippen molar-refractivity contribution in [1.29, 1.82) is 0 Å². The summed E-state index contributed by atoms with van der Waals surface area (Å²) in [7, 11) is 2.22. The van der Waals surface area contributed by atoms with Crippen LogP contribution in [-0.2, 0) is 0 Å². The van der Waals surface area contributed by atoms with Crippen LogP contribution in [0.5, 0.6) is 0 Å². The molecule has 1 aliphatic heterocycles. The van der Waals surface area contributed by atoms with E-state index in [1.165, 1.54) is 25.0 Å². The molecule has 0 N–H and O–H groups in total. The van der Waals surface area contributed by atoms with Crippen molar-refractivity contribution in [1.82, 2.24) is 4.90 Å². The van der Waals surface area contributed by atoms with Gasteiger partial charge in [0.15, 0.2) is 0 Å². The molecule has 1 aliphatic rings. The first-order valence-electron chi connectivity index (χ1n) is 5.08. The van der Waals surface area contributed by atoms with Gasteiger partial charge in [0.05, 0.1) is 0 Å². The van der Waals surface area contributed by atoms with Gasteiger partial charge < -0.3 is 4.90 Å². The summed E-state index contributed by atoms with van der Waals surface area (Å²) in [5.74, 6) is 0.751. The van der Waals surface area contributed by atoms with Crippen LogP contribution >= 0.6 is 0 Å². The van der Waals surface area contributed by atoms with Crippen LogP contribution in [0.1, 0.15) is 40.0 Å². The highest BCUT2D eigenvalue weighted by molar-refractivity contribution is 5.10. The minimum atomic E-state index is 0.751. The summed E-state index contributed by atoms with van der Waals surface area (Å²) in [6, 6.07) is 0.768. The molecule has 1 nitrogen and oxygen atoms in total. The van der Waals surface area contributed by atoms with E-state index < -0.39 is 0 Å². The fourth-order valence-corrected chi connectivity index (χ4v) is 2.09. The van der Waals surface area contributed by atoms with Crippen LogP contribution in [0, 0.1) is 5.92 Å². The normalized spacial score (nSPS) is 29.3. The number of rotatable bonds is 3. The predicted octanol–water partition coefficient (Wildman–Crippen LogP) is 3.03. The summed E-state index contributed by atoms with van der Waals surface area (Å²) in [6.45, 7) is 6.80. The Morgan fingerprint density at radius 3 is 2.58 bits per heavy atom. The molecule has 12 heavy (non-hydrogen) atoms. The number of allylic oxidation sites excluding steroid dienone is 1. The van der Waals surface area contributed by atoms with Crippen LogP contribution in [0.4, 0.5) is 0 Å². The Morgan fingerprint density at radius 2 is 2.17 bits per heavy atom. The van der Waals surface area contributed by atoms with Gasteiger partial charge in [0.25, 0.3) is 0 Å². The van der Waals surface area contributed by atoms with E-state index in [-0.39, 0.29) is 0 Å². The maximum atomic E-state index is 2.43. The zero-order chi connectivity index (χ0) is 9.14. The van der Waals surface area contributed by atoms with Crippen molar-refractivity contribution < 1.29 is 0 Å². The Kier molecular flexibility index (Phi) is 3.19. The number of nitrogens with zero attached hydrogens (tertiary/aromatic N) is 1. The summed E-state index contributed by atoms with van der Waals surface area (Å²) in [4.78, 5) is 2.43. The van der Waals surface area contributed by atoms with E-state index in [1.54, 1.807) is 0 Å². The molecule has 0 aromatic carbocycles. The maximum Gasteiger partial charge on any atom is 0.0344 e. The highest BCUT2D eigenvalue weighted by Gasteiger charge is 2.25. The average molecular weight is 167 g/mol. The van der Waals surface area contributed by atoms with Gasteiger partial charge in [0.1, 0.15) is 0 Å². The highest BCUT2D eigenvalue weighted by atomic mass is 15.2. The molecule has 0 aromatic rings. The first-order valence-corrected chi connectivity index (χ1v) is 5.08. The quantitative estimate of drug-likeness (QED) is 0.624. The van der Waals surface area contributed by atoms with Crippen molar-refractivity contribution in [2.45, 2.75) is 46.1 Å². The van der Waals surface area contributed by atoms with Crippen LogP contribution in [0.25, 0.3) is 0 Å². The standard InChI is InChI=1S/C11H21N/c1-5-6-7-11-9(2)8-10(3)12(11)4/h8-9,11H,5-7H2,1-4H3. The Balaban J connectivity index is 2.46. The average Bonchev–Trinajstić information content (AvgIpc) is 2.25. The predicted molar refractivity (Wildman–Crippen MR) is 54.0 cm³/mol. The van der Waals surface area contributed by atoms with Gasteiger partial charge in [-0.2, -0.15) is 0 Å². The third-order valence-corrected chi connectivity index (χ3v) is 3.02. The molecule has 2 atom stereocenters. The molecular weight excluding hydrogens is 146 g/mol. The largest absolute Gasteiger partial charge is 0.375 e. The molecule has 0 aliphatic carbocycles. The third-order valence-electron chi connectivity index (χ3n) is 3.02. The molecule has 0 radical (unpaired) electrons. The van der Waals surface area contributed by atoms with Crippen LogP contribution in [0.3, 0.4) is 0 Å². The van der Waals surface area contributed by atoms with Crippen molar-refractivity contribution in [3.63, 3.8) is 0 Å². The third kappa shape index (κ3) is 1.82. The van der Waals surface area contributed by atoms with E-state index >= 15 is 0 Å². The topological polar surface area (TPSA) is 3.24 Å². The zero-order valence-electron chi connectivity index (χ0n) is 8.80. The molecule has 1 heterocycles. The van der Waals surface area contributed by atoms with Gasteiger partial charge in [-0.05, 0) is 19.3 Å². The van der Waals surface area contributed by atoms with E-state index in [4.69, 9.17) is 0 Å². The van der Waals surface area contributed by atoms with Crippen LogP contribution < -0.4 is 0 Å². The molecule has 0 fully saturated rings. The van der Waals surface area contributed by atoms with E-state index in [9.17, 15) is 0 Å². The maximum absolute atomic E-state index is 2.43. The van der Waals surface area contributed by atoms with Crippen molar-refractivity contribution in [3.05, 3.63) is 11.8 Å². The second-order valence-corrected chi connectivity index (χ2v) is 3.99. The Bertz CT molecular complexity index is 172. The number of unbranched alkanes of at least 4 members (excludes halogenated alkanes) is 1. The van der Waals surface area contributed by atoms with E-state index in [1.807, 2.05) is 0 Å². The Morgan fingerprint density at radius 1 is 1.50 bits per heavy atom. The lowest BCUT2D eigenvalue weighted by molar-refractivity contribution is 0.271. The monoisotopic (exact) mass is 167 g/mol. The zero-order valence-corrected chi connectivity index (χ0v) is 8.80. The van der Waals surface area contributed by atoms with Gasteiger partial charge in [-0.3, -0.25) is 0 Å². The summed E-state index contributed by atoms with van der Waals surface area (Å²) in [5.41, 5.74) is 1.45. The van der Waals surface area contributed by atoms with Gasteiger partial charge in [0, 0.05) is 18.8 Å². The van der Waals surface area contributed by atoms with Crippen molar-refractivity contribution in [3.8, 4) is 0 Å². The smallest absolute Gasteiger partial charge is 0.0344 e. The molecule has 0 saturated heterocycles.